The fourth-order valence-corrected chi connectivity index (χ4v) is 4.60. The van der Waals surface area contributed by atoms with Gasteiger partial charge in [-0.1, -0.05) is 12.1 Å². The number of nitrogens with zero attached hydrogens (tertiary/aromatic N) is 1. The van der Waals surface area contributed by atoms with Crippen LogP contribution in [-0.2, 0) is 16.1 Å². The topological polar surface area (TPSA) is 86.3 Å². The van der Waals surface area contributed by atoms with Gasteiger partial charge in [0.2, 0.25) is 5.91 Å². The predicted molar refractivity (Wildman–Crippen MR) is 140 cm³/mol. The van der Waals surface area contributed by atoms with Crippen molar-refractivity contribution >= 4 is 12.0 Å². The molecule has 1 aliphatic carbocycles. The summed E-state index contributed by atoms with van der Waals surface area (Å²) in [5.74, 6) is 1.73. The van der Waals surface area contributed by atoms with Crippen LogP contribution in [0.3, 0.4) is 0 Å². The number of hydrogen-bond donors (Lipinski definition) is 1. The minimum absolute atomic E-state index is 0.00412. The van der Waals surface area contributed by atoms with Crippen LogP contribution >= 0.6 is 0 Å². The minimum atomic E-state index is -0.585. The summed E-state index contributed by atoms with van der Waals surface area (Å²) < 4.78 is 22.4. The maximum absolute atomic E-state index is 13.3. The maximum Gasteiger partial charge on any atom is 0.410 e. The molecule has 0 spiro atoms. The van der Waals surface area contributed by atoms with Gasteiger partial charge in [0.25, 0.3) is 0 Å². The largest absolute Gasteiger partial charge is 0.497 e. The molecule has 0 bridgehead atoms. The van der Waals surface area contributed by atoms with E-state index in [1.54, 1.807) is 19.1 Å². The lowest BCUT2D eigenvalue weighted by molar-refractivity contribution is -0.127. The van der Waals surface area contributed by atoms with E-state index in [2.05, 4.69) is 5.32 Å². The van der Waals surface area contributed by atoms with Crippen LogP contribution in [0, 0.1) is 5.92 Å². The standard InChI is InChI=1S/C29H38N2O6/c1-29(2,3)37-28(33)31-12-11-25(26(17-31)27(32)30-21-9-10-21)20-7-6-8-22(15-20)36-18-19-13-23(34-4)16-24(14-19)35-5/h6-8,13-16,21,25-26H,9-12,17-18H2,1-5H3,(H,30,32)/t25-,26+/m1/s1. The van der Waals surface area contributed by atoms with Gasteiger partial charge in [-0.25, -0.2) is 4.79 Å². The Morgan fingerprint density at radius 1 is 0.973 bits per heavy atom. The van der Waals surface area contributed by atoms with Crippen molar-refractivity contribution in [3.8, 4) is 17.2 Å². The highest BCUT2D eigenvalue weighted by Gasteiger charge is 2.39. The van der Waals surface area contributed by atoms with Crippen LogP contribution in [0.5, 0.6) is 17.2 Å². The Kier molecular flexibility index (Phi) is 8.15. The summed E-state index contributed by atoms with van der Waals surface area (Å²) in [5, 5.41) is 3.14. The molecule has 2 aliphatic rings. The van der Waals surface area contributed by atoms with E-state index in [1.165, 1.54) is 0 Å². The van der Waals surface area contributed by atoms with E-state index in [4.69, 9.17) is 18.9 Å². The zero-order valence-corrected chi connectivity index (χ0v) is 22.4. The molecule has 1 saturated carbocycles. The number of rotatable bonds is 8. The zero-order chi connectivity index (χ0) is 26.6. The number of carbonyl (C=O) groups is 2. The minimum Gasteiger partial charge on any atom is -0.497 e. The van der Waals surface area contributed by atoms with Gasteiger partial charge in [0.15, 0.2) is 0 Å². The average molecular weight is 511 g/mol. The molecule has 0 unspecified atom stereocenters. The van der Waals surface area contributed by atoms with E-state index in [0.29, 0.717) is 37.6 Å². The van der Waals surface area contributed by atoms with Gasteiger partial charge in [0.1, 0.15) is 29.5 Å². The van der Waals surface area contributed by atoms with Crippen molar-refractivity contribution in [2.75, 3.05) is 27.3 Å². The molecule has 2 atom stereocenters. The zero-order valence-electron chi connectivity index (χ0n) is 22.4. The second kappa shape index (κ2) is 11.3. The van der Waals surface area contributed by atoms with Crippen LogP contribution in [0.1, 0.15) is 57.1 Å². The van der Waals surface area contributed by atoms with Gasteiger partial charge < -0.3 is 29.2 Å². The summed E-state index contributed by atoms with van der Waals surface area (Å²) in [5.41, 5.74) is 1.37. The number of ether oxygens (including phenoxy) is 4. The summed E-state index contributed by atoms with van der Waals surface area (Å²) in [6.45, 7) is 6.75. The van der Waals surface area contributed by atoms with Gasteiger partial charge in [-0.15, -0.1) is 0 Å². The van der Waals surface area contributed by atoms with Gasteiger partial charge in [0.05, 0.1) is 20.1 Å². The van der Waals surface area contributed by atoms with Crippen LogP contribution in [0.15, 0.2) is 42.5 Å². The first-order valence-electron chi connectivity index (χ1n) is 12.9. The first-order valence-corrected chi connectivity index (χ1v) is 12.9. The third-order valence-electron chi connectivity index (χ3n) is 6.63. The van der Waals surface area contributed by atoms with Crippen molar-refractivity contribution < 1.29 is 28.5 Å². The number of piperidine rings is 1. The quantitative estimate of drug-likeness (QED) is 0.544. The smallest absolute Gasteiger partial charge is 0.410 e. The van der Waals surface area contributed by atoms with Gasteiger partial charge in [-0.05, 0) is 81.3 Å². The molecule has 1 saturated heterocycles. The molecule has 4 rings (SSSR count). The lowest BCUT2D eigenvalue weighted by Crippen LogP contribution is -2.50. The number of likely N-dealkylation sites (tertiary alicyclic amines) is 1. The molecule has 1 aliphatic heterocycles. The summed E-state index contributed by atoms with van der Waals surface area (Å²) in [4.78, 5) is 27.7. The number of methoxy groups -OCH3 is 2. The van der Waals surface area contributed by atoms with E-state index in [1.807, 2.05) is 63.2 Å². The molecule has 8 nitrogen and oxygen atoms in total. The van der Waals surface area contributed by atoms with Gasteiger partial charge in [-0.2, -0.15) is 0 Å². The molecule has 0 radical (unpaired) electrons. The molecule has 2 aromatic carbocycles. The Balaban J connectivity index is 1.49. The van der Waals surface area contributed by atoms with Gasteiger partial charge in [-0.3, -0.25) is 4.79 Å². The highest BCUT2D eigenvalue weighted by molar-refractivity contribution is 5.81. The number of hydrogen-bond acceptors (Lipinski definition) is 6. The van der Waals surface area contributed by atoms with Crippen molar-refractivity contribution in [3.05, 3.63) is 53.6 Å². The van der Waals surface area contributed by atoms with E-state index in [0.717, 1.165) is 29.7 Å². The Labute approximate surface area is 219 Å². The molecule has 1 heterocycles. The van der Waals surface area contributed by atoms with Crippen molar-refractivity contribution in [2.24, 2.45) is 5.92 Å². The molecule has 1 N–H and O–H groups in total. The first-order chi connectivity index (χ1) is 17.6. The van der Waals surface area contributed by atoms with Crippen LogP contribution in [0.2, 0.25) is 0 Å². The molecular weight excluding hydrogens is 472 g/mol. The lowest BCUT2D eigenvalue weighted by atomic mass is 9.80. The molecule has 8 heteroatoms. The van der Waals surface area contributed by atoms with Crippen LogP contribution in [0.25, 0.3) is 0 Å². The Morgan fingerprint density at radius 3 is 2.30 bits per heavy atom. The fraction of sp³-hybridized carbons (Fsp3) is 0.517. The van der Waals surface area contributed by atoms with Crippen LogP contribution < -0.4 is 19.5 Å². The maximum atomic E-state index is 13.3. The van der Waals surface area contributed by atoms with Crippen molar-refractivity contribution in [2.45, 2.75) is 64.2 Å². The third-order valence-corrected chi connectivity index (χ3v) is 6.63. The lowest BCUT2D eigenvalue weighted by Gasteiger charge is -2.38. The van der Waals surface area contributed by atoms with E-state index >= 15 is 0 Å². The normalized spacial score (nSPS) is 19.6. The number of amides is 2. The van der Waals surface area contributed by atoms with Crippen LogP contribution in [-0.4, -0.2) is 55.9 Å². The second-order valence-electron chi connectivity index (χ2n) is 10.8. The predicted octanol–water partition coefficient (Wildman–Crippen LogP) is 4.90. The van der Waals surface area contributed by atoms with Gasteiger partial charge in [0, 0.05) is 25.2 Å². The molecule has 2 aromatic rings. The highest BCUT2D eigenvalue weighted by Crippen LogP contribution is 2.36. The second-order valence-corrected chi connectivity index (χ2v) is 10.8. The SMILES string of the molecule is COc1cc(COc2cccc([C@H]3CCN(C(=O)OC(C)(C)C)C[C@@H]3C(=O)NC3CC3)c2)cc(OC)c1. The molecule has 2 fully saturated rings. The Bertz CT molecular complexity index is 1090. The van der Waals surface area contributed by atoms with Gasteiger partial charge >= 0.3 is 6.09 Å². The number of nitrogens with one attached hydrogen (secondary N) is 1. The fourth-order valence-electron chi connectivity index (χ4n) is 4.60. The molecular formula is C29H38N2O6. The summed E-state index contributed by atoms with van der Waals surface area (Å²) in [7, 11) is 3.24. The Hall–Kier alpha value is -3.42. The summed E-state index contributed by atoms with van der Waals surface area (Å²) in [6, 6.07) is 13.8. The van der Waals surface area contributed by atoms with E-state index in [9.17, 15) is 9.59 Å². The molecule has 0 aromatic heterocycles. The Morgan fingerprint density at radius 2 is 1.68 bits per heavy atom. The molecule has 37 heavy (non-hydrogen) atoms. The van der Waals surface area contributed by atoms with E-state index < -0.39 is 5.60 Å². The van der Waals surface area contributed by atoms with Crippen molar-refractivity contribution in [1.82, 2.24) is 10.2 Å². The highest BCUT2D eigenvalue weighted by atomic mass is 16.6. The first kappa shape index (κ1) is 26.6. The third kappa shape index (κ3) is 7.31. The van der Waals surface area contributed by atoms with E-state index in [-0.39, 0.29) is 29.9 Å². The monoisotopic (exact) mass is 510 g/mol. The number of benzene rings is 2. The van der Waals surface area contributed by atoms with Crippen molar-refractivity contribution in [1.29, 1.82) is 0 Å². The summed E-state index contributed by atoms with van der Waals surface area (Å²) in [6.07, 6.45) is 2.31. The summed E-state index contributed by atoms with van der Waals surface area (Å²) >= 11 is 0. The average Bonchev–Trinajstić information content (AvgIpc) is 3.70. The van der Waals surface area contributed by atoms with Crippen LogP contribution in [0.4, 0.5) is 4.79 Å². The van der Waals surface area contributed by atoms with Crippen molar-refractivity contribution in [3.63, 3.8) is 0 Å². The molecule has 200 valence electrons. The number of carbonyl (C=O) groups excluding carboxylic acids is 2. The molecule has 2 amide bonds.